The molecule has 0 radical (unpaired) electrons. The van der Waals surface area contributed by atoms with E-state index in [9.17, 15) is 14.4 Å². The lowest BCUT2D eigenvalue weighted by Gasteiger charge is -2.29. The first-order chi connectivity index (χ1) is 9.99. The lowest BCUT2D eigenvalue weighted by Crippen LogP contribution is -2.45. The summed E-state index contributed by atoms with van der Waals surface area (Å²) in [6.07, 6.45) is 0. The van der Waals surface area contributed by atoms with Crippen molar-refractivity contribution < 1.29 is 24.6 Å². The molecule has 7 nitrogen and oxygen atoms in total. The average molecular weight is 292 g/mol. The van der Waals surface area contributed by atoms with Crippen LogP contribution in [-0.4, -0.2) is 52.6 Å². The second-order valence-electron chi connectivity index (χ2n) is 4.86. The zero-order valence-electron chi connectivity index (χ0n) is 11.3. The van der Waals surface area contributed by atoms with Crippen molar-refractivity contribution in [2.24, 2.45) is 0 Å². The van der Waals surface area contributed by atoms with Crippen molar-refractivity contribution in [2.45, 2.75) is 12.5 Å². The number of fused-ring (bicyclic) bond motifs is 1. The average Bonchev–Trinajstić information content (AvgIpc) is 2.44. The zero-order chi connectivity index (χ0) is 15.4. The third-order valence-electron chi connectivity index (χ3n) is 3.36. The van der Waals surface area contributed by atoms with Crippen LogP contribution in [0.25, 0.3) is 0 Å². The third-order valence-corrected chi connectivity index (χ3v) is 3.36. The topological polar surface area (TPSA) is 107 Å². The number of carbonyl (C=O) groups is 3. The Morgan fingerprint density at radius 3 is 2.38 bits per heavy atom. The summed E-state index contributed by atoms with van der Waals surface area (Å²) in [5.74, 6) is -3.52. The van der Waals surface area contributed by atoms with Crippen LogP contribution >= 0.6 is 0 Å². The number of carboxylic acid groups (broad SMARTS) is 2. The van der Waals surface area contributed by atoms with Crippen LogP contribution in [0, 0.1) is 0 Å². The largest absolute Gasteiger partial charge is 0.480 e. The van der Waals surface area contributed by atoms with Gasteiger partial charge in [-0.15, -0.1) is 0 Å². The SMILES string of the molecule is O=C(O)CN(CC(=O)O)C(=O)C1CNCc2ccccc21. The molecule has 0 fully saturated rings. The fraction of sp³-hybridized carbons (Fsp3) is 0.357. The first-order valence-electron chi connectivity index (χ1n) is 6.50. The van der Waals surface area contributed by atoms with E-state index >= 15 is 0 Å². The molecule has 3 N–H and O–H groups in total. The first-order valence-corrected chi connectivity index (χ1v) is 6.50. The molecule has 1 unspecified atom stereocenters. The van der Waals surface area contributed by atoms with Gasteiger partial charge in [0, 0.05) is 13.1 Å². The zero-order valence-corrected chi connectivity index (χ0v) is 11.3. The minimum atomic E-state index is -1.23. The lowest BCUT2D eigenvalue weighted by atomic mass is 9.90. The van der Waals surface area contributed by atoms with E-state index in [4.69, 9.17) is 10.2 Å². The maximum Gasteiger partial charge on any atom is 0.323 e. The molecule has 0 saturated heterocycles. The van der Waals surface area contributed by atoms with E-state index in [1.54, 1.807) is 0 Å². The summed E-state index contributed by atoms with van der Waals surface area (Å²) in [6, 6.07) is 7.38. The number of hydrogen-bond donors (Lipinski definition) is 3. The molecule has 1 amide bonds. The van der Waals surface area contributed by atoms with Crippen LogP contribution < -0.4 is 5.32 Å². The van der Waals surface area contributed by atoms with E-state index in [1.807, 2.05) is 24.3 Å². The maximum absolute atomic E-state index is 12.5. The van der Waals surface area contributed by atoms with Gasteiger partial charge in [-0.05, 0) is 11.1 Å². The summed E-state index contributed by atoms with van der Waals surface area (Å²) in [4.78, 5) is 35.0. The molecule has 0 saturated carbocycles. The number of carboxylic acids is 2. The Kier molecular flexibility index (Phi) is 4.54. The molecule has 1 heterocycles. The Labute approximate surface area is 121 Å². The Morgan fingerprint density at radius 1 is 1.14 bits per heavy atom. The van der Waals surface area contributed by atoms with Crippen molar-refractivity contribution in [1.29, 1.82) is 0 Å². The van der Waals surface area contributed by atoms with Crippen molar-refractivity contribution in [3.05, 3.63) is 35.4 Å². The second kappa shape index (κ2) is 6.36. The van der Waals surface area contributed by atoms with Crippen LogP contribution in [-0.2, 0) is 20.9 Å². The smallest absolute Gasteiger partial charge is 0.323 e. The summed E-state index contributed by atoms with van der Waals surface area (Å²) >= 11 is 0. The van der Waals surface area contributed by atoms with E-state index in [-0.39, 0.29) is 0 Å². The molecule has 7 heteroatoms. The minimum absolute atomic E-state index is 0.367. The van der Waals surface area contributed by atoms with Gasteiger partial charge in [-0.25, -0.2) is 0 Å². The highest BCUT2D eigenvalue weighted by molar-refractivity contribution is 5.90. The predicted molar refractivity (Wildman–Crippen MR) is 72.7 cm³/mol. The summed E-state index contributed by atoms with van der Waals surface area (Å²) in [5, 5.41) is 20.8. The summed E-state index contributed by atoms with van der Waals surface area (Å²) in [6.45, 7) is -0.239. The molecule has 1 aromatic rings. The third kappa shape index (κ3) is 3.57. The fourth-order valence-corrected chi connectivity index (χ4v) is 2.48. The number of nitrogens with one attached hydrogen (secondary N) is 1. The summed E-state index contributed by atoms with van der Waals surface area (Å²) < 4.78 is 0. The molecule has 1 aliphatic heterocycles. The van der Waals surface area contributed by atoms with Gasteiger partial charge in [0.1, 0.15) is 13.1 Å². The van der Waals surface area contributed by atoms with E-state index in [0.717, 1.165) is 16.0 Å². The number of carbonyl (C=O) groups excluding carboxylic acids is 1. The van der Waals surface area contributed by atoms with Crippen molar-refractivity contribution in [1.82, 2.24) is 10.2 Å². The number of nitrogens with zero attached hydrogens (tertiary/aromatic N) is 1. The molecule has 21 heavy (non-hydrogen) atoms. The Morgan fingerprint density at radius 2 is 1.76 bits per heavy atom. The molecule has 2 rings (SSSR count). The van der Waals surface area contributed by atoms with Crippen LogP contribution in [0.4, 0.5) is 0 Å². The van der Waals surface area contributed by atoms with Gasteiger partial charge in [0.25, 0.3) is 0 Å². The molecular weight excluding hydrogens is 276 g/mol. The van der Waals surface area contributed by atoms with E-state index < -0.39 is 36.9 Å². The fourth-order valence-electron chi connectivity index (χ4n) is 2.48. The molecule has 1 aliphatic rings. The van der Waals surface area contributed by atoms with Crippen molar-refractivity contribution in [3.63, 3.8) is 0 Å². The Hall–Kier alpha value is -2.41. The van der Waals surface area contributed by atoms with E-state index in [0.29, 0.717) is 13.1 Å². The Balaban J connectivity index is 2.25. The predicted octanol–water partition coefficient (Wildman–Crippen LogP) is -0.129. The second-order valence-corrected chi connectivity index (χ2v) is 4.86. The summed E-state index contributed by atoms with van der Waals surface area (Å²) in [5.41, 5.74) is 1.79. The molecule has 1 aromatic carbocycles. The van der Waals surface area contributed by atoms with Gasteiger partial charge in [0.05, 0.1) is 5.92 Å². The quantitative estimate of drug-likeness (QED) is 0.698. The van der Waals surface area contributed by atoms with E-state index in [1.165, 1.54) is 0 Å². The van der Waals surface area contributed by atoms with Crippen LogP contribution in [0.5, 0.6) is 0 Å². The van der Waals surface area contributed by atoms with Crippen molar-refractivity contribution in [3.8, 4) is 0 Å². The minimum Gasteiger partial charge on any atom is -0.480 e. The van der Waals surface area contributed by atoms with Gasteiger partial charge in [0.2, 0.25) is 5.91 Å². The lowest BCUT2D eigenvalue weighted by molar-refractivity contribution is -0.150. The molecular formula is C14H16N2O5. The normalized spacial score (nSPS) is 16.9. The summed E-state index contributed by atoms with van der Waals surface area (Å²) in [7, 11) is 0. The molecule has 0 spiro atoms. The molecule has 112 valence electrons. The van der Waals surface area contributed by atoms with Gasteiger partial charge in [-0.2, -0.15) is 0 Å². The monoisotopic (exact) mass is 292 g/mol. The molecule has 0 bridgehead atoms. The maximum atomic E-state index is 12.5. The number of hydrogen-bond acceptors (Lipinski definition) is 4. The highest BCUT2D eigenvalue weighted by Gasteiger charge is 2.31. The van der Waals surface area contributed by atoms with Gasteiger partial charge in [0.15, 0.2) is 0 Å². The first kappa shape index (κ1) is 15.0. The Bertz CT molecular complexity index is 556. The van der Waals surface area contributed by atoms with Crippen LogP contribution in [0.2, 0.25) is 0 Å². The van der Waals surface area contributed by atoms with Crippen molar-refractivity contribution in [2.75, 3.05) is 19.6 Å². The van der Waals surface area contributed by atoms with Crippen molar-refractivity contribution >= 4 is 17.8 Å². The van der Waals surface area contributed by atoms with Crippen LogP contribution in [0.15, 0.2) is 24.3 Å². The van der Waals surface area contributed by atoms with Gasteiger partial charge in [-0.3, -0.25) is 14.4 Å². The van der Waals surface area contributed by atoms with Gasteiger partial charge in [-0.1, -0.05) is 24.3 Å². The standard InChI is InChI=1S/C14H16N2O5/c17-12(18)7-16(8-13(19)20)14(21)11-6-15-5-9-3-1-2-4-10(9)11/h1-4,11,15H,5-8H2,(H,17,18)(H,19,20). The number of amides is 1. The van der Waals surface area contributed by atoms with E-state index in [2.05, 4.69) is 5.32 Å². The van der Waals surface area contributed by atoms with Gasteiger partial charge < -0.3 is 20.4 Å². The van der Waals surface area contributed by atoms with Crippen LogP contribution in [0.1, 0.15) is 17.0 Å². The van der Waals surface area contributed by atoms with Gasteiger partial charge >= 0.3 is 11.9 Å². The molecule has 0 aromatic heterocycles. The van der Waals surface area contributed by atoms with Crippen LogP contribution in [0.3, 0.4) is 0 Å². The number of aliphatic carboxylic acids is 2. The molecule has 1 atom stereocenters. The highest BCUT2D eigenvalue weighted by atomic mass is 16.4. The number of benzene rings is 1. The molecule has 0 aliphatic carbocycles. The number of rotatable bonds is 5. The highest BCUT2D eigenvalue weighted by Crippen LogP contribution is 2.25.